The predicted molar refractivity (Wildman–Crippen MR) is 153 cm³/mol. The summed E-state index contributed by atoms with van der Waals surface area (Å²) in [5.41, 5.74) is 0.951. The first-order valence-corrected chi connectivity index (χ1v) is 16.1. The molecule has 2 amide bonds. The van der Waals surface area contributed by atoms with Crippen molar-refractivity contribution in [1.82, 2.24) is 10.2 Å². The molecule has 0 radical (unpaired) electrons. The molecule has 0 bridgehead atoms. The predicted octanol–water partition coefficient (Wildman–Crippen LogP) is 5.34. The van der Waals surface area contributed by atoms with Crippen molar-refractivity contribution in [2.45, 2.75) is 116 Å². The number of hydrogen-bond acceptors (Lipinski definition) is 6. The molecule has 39 heavy (non-hydrogen) atoms. The second-order valence-electron chi connectivity index (χ2n) is 12.3. The Bertz CT molecular complexity index is 940. The van der Waals surface area contributed by atoms with E-state index < -0.39 is 50.1 Å². The molecule has 1 aliphatic rings. The van der Waals surface area contributed by atoms with E-state index in [-0.39, 0.29) is 36.4 Å². The summed E-state index contributed by atoms with van der Waals surface area (Å²) in [7, 11) is -2.40. The molecule has 1 heterocycles. The molecular formula is C29H48N2O7Si. The van der Waals surface area contributed by atoms with Crippen molar-refractivity contribution < 1.29 is 33.4 Å². The lowest BCUT2D eigenvalue weighted by Gasteiger charge is -2.44. The Morgan fingerprint density at radius 3 is 2.08 bits per heavy atom. The number of alkyl carbamates (subject to hydrolysis) is 1. The molecule has 1 aromatic carbocycles. The summed E-state index contributed by atoms with van der Waals surface area (Å²) < 4.78 is 18.0. The number of nitrogens with zero attached hydrogens (tertiary/aromatic N) is 1. The van der Waals surface area contributed by atoms with E-state index in [1.807, 2.05) is 30.3 Å². The topological polar surface area (TPSA) is 114 Å². The second-order valence-corrected chi connectivity index (χ2v) is 17.7. The van der Waals surface area contributed by atoms with Crippen LogP contribution >= 0.6 is 0 Å². The van der Waals surface area contributed by atoms with Crippen LogP contribution in [0.25, 0.3) is 0 Å². The Hall–Kier alpha value is -2.43. The molecule has 1 fully saturated rings. The van der Waals surface area contributed by atoms with Crippen LogP contribution in [0.3, 0.4) is 0 Å². The fourth-order valence-corrected chi connectivity index (χ4v) is 11.4. The molecule has 10 heteroatoms. The van der Waals surface area contributed by atoms with Gasteiger partial charge in [0.2, 0.25) is 14.2 Å². The number of carboxylic acid groups (broad SMARTS) is 1. The zero-order valence-electron chi connectivity index (χ0n) is 25.0. The number of likely N-dealkylation sites (tertiary alicyclic amines) is 1. The first kappa shape index (κ1) is 32.8. The van der Waals surface area contributed by atoms with Gasteiger partial charge in [0.25, 0.3) is 0 Å². The Morgan fingerprint density at radius 1 is 1.03 bits per heavy atom. The number of carbonyl (C=O) groups is 3. The van der Waals surface area contributed by atoms with Crippen LogP contribution in [0.4, 0.5) is 4.79 Å². The molecule has 1 aliphatic heterocycles. The Morgan fingerprint density at radius 2 is 1.59 bits per heavy atom. The van der Waals surface area contributed by atoms with Crippen LogP contribution in [0.1, 0.15) is 74.3 Å². The van der Waals surface area contributed by atoms with E-state index in [4.69, 9.17) is 13.9 Å². The highest BCUT2D eigenvalue weighted by Crippen LogP contribution is 2.44. The number of carboxylic acids is 1. The normalized spacial score (nSPS) is 19.0. The summed E-state index contributed by atoms with van der Waals surface area (Å²) in [6.45, 7) is 18.4. The molecule has 0 aromatic heterocycles. The van der Waals surface area contributed by atoms with Gasteiger partial charge in [0.05, 0.1) is 19.3 Å². The van der Waals surface area contributed by atoms with Gasteiger partial charge in [-0.15, -0.1) is 0 Å². The number of aliphatic carboxylic acids is 1. The molecule has 3 atom stereocenters. The van der Waals surface area contributed by atoms with Crippen LogP contribution in [0.5, 0.6) is 0 Å². The van der Waals surface area contributed by atoms with E-state index in [2.05, 4.69) is 46.9 Å². The van der Waals surface area contributed by atoms with Gasteiger partial charge in [-0.2, -0.15) is 0 Å². The Labute approximate surface area is 234 Å². The van der Waals surface area contributed by atoms with Gasteiger partial charge >= 0.3 is 12.1 Å². The monoisotopic (exact) mass is 564 g/mol. The average Bonchev–Trinajstić information content (AvgIpc) is 3.24. The molecule has 9 nitrogen and oxygen atoms in total. The van der Waals surface area contributed by atoms with E-state index in [0.29, 0.717) is 6.42 Å². The van der Waals surface area contributed by atoms with Gasteiger partial charge in [-0.05, 0) is 49.4 Å². The molecule has 0 aliphatic carbocycles. The lowest BCUT2D eigenvalue weighted by atomic mass is 10.1. The van der Waals surface area contributed by atoms with Crippen LogP contribution in [0.2, 0.25) is 16.6 Å². The number of amides is 2. The second kappa shape index (κ2) is 13.8. The maximum absolute atomic E-state index is 13.8. The fraction of sp³-hybridized carbons (Fsp3) is 0.690. The number of hydrogen-bond donors (Lipinski definition) is 2. The van der Waals surface area contributed by atoms with Crippen molar-refractivity contribution in [3.63, 3.8) is 0 Å². The molecule has 1 saturated heterocycles. The van der Waals surface area contributed by atoms with Crippen LogP contribution in [-0.2, 0) is 30.1 Å². The minimum Gasteiger partial charge on any atom is -0.480 e. The summed E-state index contributed by atoms with van der Waals surface area (Å²) in [5, 5.41) is 12.9. The van der Waals surface area contributed by atoms with Crippen molar-refractivity contribution in [1.29, 1.82) is 0 Å². The highest BCUT2D eigenvalue weighted by atomic mass is 28.4. The third kappa shape index (κ3) is 8.52. The van der Waals surface area contributed by atoms with Crippen LogP contribution in [0, 0.1) is 0 Å². The van der Waals surface area contributed by atoms with Gasteiger partial charge in [0.1, 0.15) is 11.6 Å². The number of benzene rings is 1. The van der Waals surface area contributed by atoms with Crippen molar-refractivity contribution in [3.8, 4) is 0 Å². The quantitative estimate of drug-likeness (QED) is 0.329. The van der Waals surface area contributed by atoms with E-state index in [1.165, 1.54) is 4.90 Å². The summed E-state index contributed by atoms with van der Waals surface area (Å²) in [6, 6.07) is 7.19. The minimum atomic E-state index is -2.40. The lowest BCUT2D eigenvalue weighted by molar-refractivity contribution is -0.152. The minimum absolute atomic E-state index is 0.135. The Balaban J connectivity index is 2.29. The smallest absolute Gasteiger partial charge is 0.408 e. The van der Waals surface area contributed by atoms with Crippen molar-refractivity contribution in [2.24, 2.45) is 0 Å². The average molecular weight is 565 g/mol. The lowest BCUT2D eigenvalue weighted by Crippen LogP contribution is -2.57. The van der Waals surface area contributed by atoms with E-state index in [0.717, 1.165) is 5.56 Å². The SMILES string of the molecule is CC(C)[Si](O[C@H]1CCN(C(=O)[C@@H](COCc2ccccc2)NC(=O)OC(C)(C)C)[C@@H]1C(=O)O)(C(C)C)C(C)C. The van der Waals surface area contributed by atoms with Gasteiger partial charge in [-0.3, -0.25) is 4.79 Å². The van der Waals surface area contributed by atoms with Crippen LogP contribution < -0.4 is 5.32 Å². The number of ether oxygens (including phenoxy) is 2. The molecule has 2 rings (SSSR count). The van der Waals surface area contributed by atoms with E-state index in [1.54, 1.807) is 20.8 Å². The first-order valence-electron chi connectivity index (χ1n) is 13.9. The highest BCUT2D eigenvalue weighted by Gasteiger charge is 2.52. The van der Waals surface area contributed by atoms with Crippen molar-refractivity contribution in [3.05, 3.63) is 35.9 Å². The van der Waals surface area contributed by atoms with Crippen molar-refractivity contribution in [2.75, 3.05) is 13.2 Å². The molecule has 2 N–H and O–H groups in total. The van der Waals surface area contributed by atoms with Gasteiger partial charge in [0.15, 0.2) is 6.04 Å². The largest absolute Gasteiger partial charge is 0.480 e. The van der Waals surface area contributed by atoms with Crippen molar-refractivity contribution >= 4 is 26.3 Å². The molecule has 0 unspecified atom stereocenters. The van der Waals surface area contributed by atoms with Crippen LogP contribution in [-0.4, -0.2) is 73.2 Å². The number of carbonyl (C=O) groups excluding carboxylic acids is 2. The molecule has 220 valence electrons. The van der Waals surface area contributed by atoms with Gasteiger partial charge < -0.3 is 29.2 Å². The summed E-state index contributed by atoms with van der Waals surface area (Å²) in [6.07, 6.45) is -0.986. The highest BCUT2D eigenvalue weighted by molar-refractivity contribution is 6.77. The van der Waals surface area contributed by atoms with E-state index in [9.17, 15) is 19.5 Å². The maximum Gasteiger partial charge on any atom is 0.408 e. The van der Waals surface area contributed by atoms with Gasteiger partial charge in [0, 0.05) is 6.54 Å². The first-order chi connectivity index (χ1) is 18.1. The molecule has 0 saturated carbocycles. The zero-order valence-corrected chi connectivity index (χ0v) is 26.0. The summed E-state index contributed by atoms with van der Waals surface area (Å²) in [5.74, 6) is -1.65. The van der Waals surface area contributed by atoms with E-state index >= 15 is 0 Å². The molecular weight excluding hydrogens is 516 g/mol. The van der Waals surface area contributed by atoms with Crippen LogP contribution in [0.15, 0.2) is 30.3 Å². The third-order valence-corrected chi connectivity index (χ3v) is 13.5. The number of nitrogens with one attached hydrogen (secondary N) is 1. The third-order valence-electron chi connectivity index (χ3n) is 7.33. The maximum atomic E-state index is 13.8. The van der Waals surface area contributed by atoms with Gasteiger partial charge in [-0.1, -0.05) is 71.9 Å². The summed E-state index contributed by atoms with van der Waals surface area (Å²) in [4.78, 5) is 40.3. The fourth-order valence-electron chi connectivity index (χ4n) is 5.79. The molecule has 0 spiro atoms. The standard InChI is InChI=1S/C29H48N2O7Si/c1-19(2)39(20(3)4,21(5)6)38-24-15-16-31(25(24)27(33)34)26(32)23(30-28(35)37-29(7,8)9)18-36-17-22-13-11-10-12-14-22/h10-14,19-21,23-25H,15-18H2,1-9H3,(H,30,35)(H,33,34)/t23-,24+,25+/m1/s1. The van der Waals surface area contributed by atoms with Gasteiger partial charge in [-0.25, -0.2) is 9.59 Å². The molecule has 1 aromatic rings. The Kier molecular flexibility index (Phi) is 11.6. The summed E-state index contributed by atoms with van der Waals surface area (Å²) >= 11 is 0. The zero-order chi connectivity index (χ0) is 29.5. The number of rotatable bonds is 12.